The minimum atomic E-state index is -4.61. The molecule has 1 aliphatic carbocycles. The van der Waals surface area contributed by atoms with Gasteiger partial charge in [-0.25, -0.2) is 8.42 Å². The van der Waals surface area contributed by atoms with Crippen LogP contribution in [0, 0.1) is 0 Å². The Balaban J connectivity index is 2.16. The number of carbonyl (C=O) groups excluding carboxylic acids is 2. The van der Waals surface area contributed by atoms with Crippen LogP contribution in [0.4, 0.5) is 5.69 Å². The minimum absolute atomic E-state index is 0.217. The van der Waals surface area contributed by atoms with Crippen LogP contribution in [0.3, 0.4) is 0 Å². The molecule has 0 saturated heterocycles. The Morgan fingerprint density at radius 2 is 1.73 bits per heavy atom. The number of ketones is 2. The fourth-order valence-electron chi connectivity index (χ4n) is 3.12. The molecule has 0 atom stereocenters. The van der Waals surface area contributed by atoms with E-state index >= 15 is 0 Å². The molecule has 11 nitrogen and oxygen atoms in total. The number of hydrogen-bond donors (Lipinski definition) is 1. The van der Waals surface area contributed by atoms with E-state index in [-0.39, 0.29) is 5.69 Å². The Kier molecular flexibility index (Phi) is 5.56. The highest BCUT2D eigenvalue weighted by atomic mass is 32.2. The summed E-state index contributed by atoms with van der Waals surface area (Å²) < 4.78 is 28.3. The molecular formula is C18H13N7O4S. The van der Waals surface area contributed by atoms with E-state index < -0.39 is 37.9 Å². The average molecular weight is 423 g/mol. The molecule has 150 valence electrons. The van der Waals surface area contributed by atoms with Gasteiger partial charge in [-0.1, -0.05) is 47.5 Å². The van der Waals surface area contributed by atoms with Gasteiger partial charge in [-0.2, -0.15) is 0 Å². The molecule has 0 radical (unpaired) electrons. The number of azide groups is 2. The second-order valence-electron chi connectivity index (χ2n) is 6.05. The maximum Gasteiger partial charge on any atom is 0.266 e. The molecule has 0 heterocycles. The Morgan fingerprint density at radius 1 is 1.03 bits per heavy atom. The lowest BCUT2D eigenvalue weighted by molar-refractivity contribution is -0.115. The van der Waals surface area contributed by atoms with Crippen molar-refractivity contribution in [2.45, 2.75) is 13.3 Å². The molecule has 0 aliphatic heterocycles. The highest BCUT2D eigenvalue weighted by Crippen LogP contribution is 2.31. The molecule has 0 aromatic heterocycles. The van der Waals surface area contributed by atoms with Gasteiger partial charge in [0.1, 0.15) is 10.6 Å². The van der Waals surface area contributed by atoms with Crippen molar-refractivity contribution in [2.24, 2.45) is 10.2 Å². The number of benzene rings is 2. The van der Waals surface area contributed by atoms with E-state index in [9.17, 15) is 18.0 Å². The fraction of sp³-hybridized carbons (Fsp3) is 0.111. The first-order valence-corrected chi connectivity index (χ1v) is 10.0. The topological polar surface area (TPSA) is 178 Å². The Hall–Kier alpha value is -4.11. The predicted octanol–water partition coefficient (Wildman–Crippen LogP) is 4.01. The molecule has 3 rings (SSSR count). The van der Waals surface area contributed by atoms with Crippen molar-refractivity contribution in [3.8, 4) is 0 Å². The van der Waals surface area contributed by atoms with Crippen LogP contribution >= 0.6 is 0 Å². The Bertz CT molecular complexity index is 1360. The van der Waals surface area contributed by atoms with E-state index in [2.05, 4.69) is 24.8 Å². The Morgan fingerprint density at radius 3 is 2.40 bits per heavy atom. The second-order valence-corrected chi connectivity index (χ2v) is 7.67. The van der Waals surface area contributed by atoms with Gasteiger partial charge >= 0.3 is 0 Å². The molecule has 1 N–H and O–H groups in total. The lowest BCUT2D eigenvalue weighted by atomic mass is 10.0. The fourth-order valence-corrected chi connectivity index (χ4v) is 4.42. The van der Waals surface area contributed by atoms with Crippen LogP contribution in [-0.2, 0) is 26.0 Å². The summed E-state index contributed by atoms with van der Waals surface area (Å²) in [5.74, 6) is -2.31. The number of hydrogen-bond acceptors (Lipinski definition) is 6. The van der Waals surface area contributed by atoms with E-state index in [4.69, 9.17) is 11.1 Å². The molecule has 1 aliphatic rings. The molecule has 2 aromatic carbocycles. The van der Waals surface area contributed by atoms with Crippen LogP contribution < -0.4 is 4.72 Å². The number of sulfonamides is 1. The number of nitrogens with zero attached hydrogens (tertiary/aromatic N) is 6. The molecule has 0 amide bonds. The predicted molar refractivity (Wildman–Crippen MR) is 109 cm³/mol. The number of rotatable bonds is 6. The van der Waals surface area contributed by atoms with Gasteiger partial charge in [-0.15, -0.1) is 0 Å². The van der Waals surface area contributed by atoms with Gasteiger partial charge < -0.3 is 0 Å². The normalized spacial score (nSPS) is 14.1. The third-order valence-corrected chi connectivity index (χ3v) is 5.78. The number of allylic oxidation sites excluding steroid dienone is 2. The van der Waals surface area contributed by atoms with E-state index in [1.54, 1.807) is 12.1 Å². The quantitative estimate of drug-likeness (QED) is 0.319. The SMILES string of the molecule is CCc1c(NS(=O)(=O)C2=C(N=[N+]=[N-])C(=O)C(N=[N+]=[N-])=CC2=O)ccc2ccccc12. The van der Waals surface area contributed by atoms with Crippen molar-refractivity contribution >= 4 is 38.0 Å². The number of nitrogens with one attached hydrogen (secondary N) is 1. The highest BCUT2D eigenvalue weighted by Gasteiger charge is 2.36. The lowest BCUT2D eigenvalue weighted by Gasteiger charge is -2.18. The summed E-state index contributed by atoms with van der Waals surface area (Å²) in [4.78, 5) is 28.6. The summed E-state index contributed by atoms with van der Waals surface area (Å²) in [6, 6.07) is 10.6. The number of fused-ring (bicyclic) bond motifs is 1. The standard InChI is InChI=1S/C18H13N7O4S/c1-2-11-12-6-4-3-5-10(12)7-8-13(11)23-30(28,29)18-15(26)9-14(21-24-19)17(27)16(18)22-25-20/h3-9,23H,2H2,1H3. The molecule has 2 aromatic rings. The largest absolute Gasteiger partial charge is 0.289 e. The van der Waals surface area contributed by atoms with Crippen molar-refractivity contribution in [1.82, 2.24) is 0 Å². The summed E-state index contributed by atoms with van der Waals surface area (Å²) in [5.41, 5.74) is 16.5. The molecule has 0 unspecified atom stereocenters. The first-order valence-electron chi connectivity index (χ1n) is 8.52. The second kappa shape index (κ2) is 8.10. The third kappa shape index (κ3) is 3.61. The van der Waals surface area contributed by atoms with E-state index in [0.717, 1.165) is 10.8 Å². The molecule has 0 spiro atoms. The number of Topliss-reactive ketones (excluding diaryl/α,β-unsaturated/α-hetero) is 1. The van der Waals surface area contributed by atoms with Crippen molar-refractivity contribution in [3.63, 3.8) is 0 Å². The maximum absolute atomic E-state index is 13.0. The van der Waals surface area contributed by atoms with Crippen LogP contribution in [0.25, 0.3) is 31.7 Å². The van der Waals surface area contributed by atoms with Gasteiger partial charge in [0.2, 0.25) is 0 Å². The molecule has 30 heavy (non-hydrogen) atoms. The Labute approximate surface area is 170 Å². The molecule has 0 saturated carbocycles. The van der Waals surface area contributed by atoms with Crippen LogP contribution in [0.15, 0.2) is 69.0 Å². The molecule has 0 bridgehead atoms. The van der Waals surface area contributed by atoms with Crippen molar-refractivity contribution in [1.29, 1.82) is 0 Å². The van der Waals surface area contributed by atoms with Gasteiger partial charge in [0.25, 0.3) is 10.0 Å². The van der Waals surface area contributed by atoms with Gasteiger partial charge in [0.05, 0.1) is 11.4 Å². The number of aryl methyl sites for hydroxylation is 1. The first-order chi connectivity index (χ1) is 14.3. The van der Waals surface area contributed by atoms with Crippen molar-refractivity contribution in [3.05, 3.63) is 85.2 Å². The summed E-state index contributed by atoms with van der Waals surface area (Å²) in [6.07, 6.45) is 1.07. The third-order valence-electron chi connectivity index (χ3n) is 4.36. The van der Waals surface area contributed by atoms with Gasteiger partial charge in [0, 0.05) is 15.9 Å². The maximum atomic E-state index is 13.0. The average Bonchev–Trinajstić information content (AvgIpc) is 2.71. The zero-order chi connectivity index (χ0) is 21.9. The van der Waals surface area contributed by atoms with Crippen molar-refractivity contribution < 1.29 is 18.0 Å². The van der Waals surface area contributed by atoms with Gasteiger partial charge in [-0.3, -0.25) is 14.3 Å². The van der Waals surface area contributed by atoms with Crippen molar-refractivity contribution in [2.75, 3.05) is 4.72 Å². The van der Waals surface area contributed by atoms with E-state index in [1.807, 2.05) is 31.2 Å². The smallest absolute Gasteiger partial charge is 0.266 e. The van der Waals surface area contributed by atoms with E-state index in [1.165, 1.54) is 0 Å². The first kappa shape index (κ1) is 20.6. The van der Waals surface area contributed by atoms with Crippen LogP contribution in [0.2, 0.25) is 0 Å². The molecular weight excluding hydrogens is 410 g/mol. The van der Waals surface area contributed by atoms with Crippen LogP contribution in [-0.4, -0.2) is 20.0 Å². The highest BCUT2D eigenvalue weighted by molar-refractivity contribution is 7.97. The van der Waals surface area contributed by atoms with Crippen LogP contribution in [0.1, 0.15) is 12.5 Å². The summed E-state index contributed by atoms with van der Waals surface area (Å²) >= 11 is 0. The minimum Gasteiger partial charge on any atom is -0.289 e. The number of carbonyl (C=O) groups is 2. The monoisotopic (exact) mass is 423 g/mol. The van der Waals surface area contributed by atoms with Crippen LogP contribution in [0.5, 0.6) is 0 Å². The zero-order valence-corrected chi connectivity index (χ0v) is 16.3. The summed E-state index contributed by atoms with van der Waals surface area (Å²) in [6.45, 7) is 1.84. The summed E-state index contributed by atoms with van der Waals surface area (Å²) in [5, 5.41) is 7.84. The van der Waals surface area contributed by atoms with E-state index in [0.29, 0.717) is 18.1 Å². The zero-order valence-electron chi connectivity index (χ0n) is 15.5. The summed E-state index contributed by atoms with van der Waals surface area (Å²) in [7, 11) is -4.61. The molecule has 0 fully saturated rings. The van der Waals surface area contributed by atoms with Gasteiger partial charge in [-0.05, 0) is 39.9 Å². The number of anilines is 1. The van der Waals surface area contributed by atoms with Gasteiger partial charge in [0.15, 0.2) is 11.6 Å². The lowest BCUT2D eigenvalue weighted by Crippen LogP contribution is -2.27. The molecule has 12 heteroatoms.